The summed E-state index contributed by atoms with van der Waals surface area (Å²) in [6.07, 6.45) is 3.01. The van der Waals surface area contributed by atoms with Gasteiger partial charge in [0.15, 0.2) is 0 Å². The molecule has 2 aromatic carbocycles. The van der Waals surface area contributed by atoms with E-state index in [1.807, 2.05) is 30.3 Å². The Morgan fingerprint density at radius 3 is 2.33 bits per heavy atom. The van der Waals surface area contributed by atoms with Gasteiger partial charge in [-0.25, -0.2) is 0 Å². The normalized spacial score (nSPS) is 11.8. The molecule has 0 aliphatic rings. The number of H-pyrrole nitrogens is 1. The smallest absolute Gasteiger partial charge is 0.305 e. The molecular formula is C30H43ClN4O3S. The summed E-state index contributed by atoms with van der Waals surface area (Å²) in [5.41, 5.74) is 2.78. The van der Waals surface area contributed by atoms with Crippen LogP contribution in [0.5, 0.6) is 5.75 Å². The summed E-state index contributed by atoms with van der Waals surface area (Å²) in [5.74, 6) is 1.04. The first kappa shape index (κ1) is 31.1. The molecule has 1 amide bonds. The van der Waals surface area contributed by atoms with E-state index in [1.165, 1.54) is 5.56 Å². The molecule has 0 fully saturated rings. The Balaban J connectivity index is 1.46. The number of rotatable bonds is 16. The van der Waals surface area contributed by atoms with Crippen LogP contribution in [-0.2, 0) is 17.6 Å². The molecule has 0 saturated carbocycles. The van der Waals surface area contributed by atoms with E-state index >= 15 is 0 Å². The summed E-state index contributed by atoms with van der Waals surface area (Å²) in [6, 6.07) is 11.6. The predicted molar refractivity (Wildman–Crippen MR) is 163 cm³/mol. The second kappa shape index (κ2) is 15.4. The molecule has 1 aromatic heterocycles. The minimum Gasteiger partial charge on any atom is -0.506 e. The molecule has 4 N–H and O–H groups in total. The highest BCUT2D eigenvalue weighted by atomic mass is 35.5. The third kappa shape index (κ3) is 9.34. The number of phenolic OH excluding ortho intramolecular Hbond substituents is 1. The second-order valence-corrected chi connectivity index (χ2v) is 12.2. The number of hydrogen-bond acceptors (Lipinski definition) is 6. The zero-order valence-corrected chi connectivity index (χ0v) is 25.1. The molecule has 0 aliphatic carbocycles. The van der Waals surface area contributed by atoms with Crippen molar-refractivity contribution in [2.45, 2.75) is 59.4 Å². The molecule has 0 unspecified atom stereocenters. The Morgan fingerprint density at radius 1 is 0.974 bits per heavy atom. The van der Waals surface area contributed by atoms with Gasteiger partial charge in [-0.05, 0) is 80.1 Å². The van der Waals surface area contributed by atoms with Crippen LogP contribution in [-0.4, -0.2) is 59.7 Å². The van der Waals surface area contributed by atoms with E-state index in [0.29, 0.717) is 36.9 Å². The van der Waals surface area contributed by atoms with Gasteiger partial charge in [-0.3, -0.25) is 9.59 Å². The Morgan fingerprint density at radius 2 is 1.64 bits per heavy atom. The van der Waals surface area contributed by atoms with Gasteiger partial charge in [0, 0.05) is 30.6 Å². The van der Waals surface area contributed by atoms with Gasteiger partial charge >= 0.3 is 4.87 Å². The van der Waals surface area contributed by atoms with Crippen LogP contribution >= 0.6 is 22.9 Å². The van der Waals surface area contributed by atoms with Gasteiger partial charge in [-0.2, -0.15) is 0 Å². The molecule has 0 spiro atoms. The molecule has 0 bridgehead atoms. The highest BCUT2D eigenvalue weighted by Crippen LogP contribution is 2.28. The molecule has 39 heavy (non-hydrogen) atoms. The lowest BCUT2D eigenvalue weighted by Gasteiger charge is -2.37. The third-order valence-corrected chi connectivity index (χ3v) is 8.24. The number of phenols is 1. The number of nitrogens with zero attached hydrogens (tertiary/aromatic N) is 1. The van der Waals surface area contributed by atoms with Crippen molar-refractivity contribution in [2.75, 3.05) is 32.7 Å². The Kier molecular flexibility index (Phi) is 12.3. The third-order valence-electron chi connectivity index (χ3n) is 7.03. The fourth-order valence-corrected chi connectivity index (χ4v) is 6.29. The fourth-order valence-electron chi connectivity index (χ4n) is 5.26. The maximum absolute atomic E-state index is 13.3. The molecule has 9 heteroatoms. The topological polar surface area (TPSA) is 97.5 Å². The summed E-state index contributed by atoms with van der Waals surface area (Å²) >= 11 is 7.08. The number of fused-ring (bicyclic) bond motifs is 1. The Hall–Kier alpha value is -2.39. The highest BCUT2D eigenvalue weighted by Gasteiger charge is 2.28. The number of carbonyl (C=O) groups is 1. The fraction of sp³-hybridized carbons (Fsp3) is 0.533. The van der Waals surface area contributed by atoms with Crippen LogP contribution in [0.15, 0.2) is 41.2 Å². The lowest BCUT2D eigenvalue weighted by molar-refractivity contribution is -0.135. The van der Waals surface area contributed by atoms with Crippen LogP contribution in [0.2, 0.25) is 5.02 Å². The van der Waals surface area contributed by atoms with Crippen molar-refractivity contribution in [3.05, 3.63) is 62.2 Å². The lowest BCUT2D eigenvalue weighted by Crippen LogP contribution is -2.49. The summed E-state index contributed by atoms with van der Waals surface area (Å²) in [7, 11) is 0. The minimum absolute atomic E-state index is 0.0967. The van der Waals surface area contributed by atoms with Gasteiger partial charge in [-0.15, -0.1) is 0 Å². The molecule has 0 atom stereocenters. The Bertz CT molecular complexity index is 1230. The largest absolute Gasteiger partial charge is 0.506 e. The molecule has 214 valence electrons. The molecule has 0 aliphatic heterocycles. The number of thiazole rings is 1. The Labute approximate surface area is 241 Å². The standard InChI is InChI=1S/C30H43ClN4O3S/c1-20(2)28(21(3)4)35(26(37)6-5-15-32-16-13-22-7-10-24(31)11-8-22)19-18-33-17-14-23-9-12-25(36)27-29(23)39-30(38)34-27/h7-12,20-21,28,32-33,36H,5-6,13-19H2,1-4H3,(H,34,38). The minimum atomic E-state index is -0.167. The van der Waals surface area contributed by atoms with E-state index in [0.717, 1.165) is 65.5 Å². The van der Waals surface area contributed by atoms with Gasteiger partial charge in [0.2, 0.25) is 5.91 Å². The van der Waals surface area contributed by atoms with Crippen LogP contribution in [0.1, 0.15) is 51.7 Å². The summed E-state index contributed by atoms with van der Waals surface area (Å²) < 4.78 is 0.806. The average molecular weight is 575 g/mol. The second-order valence-electron chi connectivity index (χ2n) is 10.8. The molecule has 0 saturated heterocycles. The van der Waals surface area contributed by atoms with E-state index in [4.69, 9.17) is 11.6 Å². The van der Waals surface area contributed by atoms with Crippen molar-refractivity contribution in [1.29, 1.82) is 0 Å². The number of aromatic nitrogens is 1. The number of carbonyl (C=O) groups excluding carboxylic acids is 1. The monoisotopic (exact) mass is 574 g/mol. The number of hydrogen-bond donors (Lipinski definition) is 4. The number of amides is 1. The summed E-state index contributed by atoms with van der Waals surface area (Å²) in [5, 5.41) is 17.7. The molecule has 1 heterocycles. The van der Waals surface area contributed by atoms with E-state index < -0.39 is 0 Å². The van der Waals surface area contributed by atoms with Crippen molar-refractivity contribution in [3.8, 4) is 5.75 Å². The summed E-state index contributed by atoms with van der Waals surface area (Å²) in [6.45, 7) is 12.5. The van der Waals surface area contributed by atoms with Crippen LogP contribution < -0.4 is 15.5 Å². The first-order valence-corrected chi connectivity index (χ1v) is 15.2. The van der Waals surface area contributed by atoms with E-state index in [9.17, 15) is 14.7 Å². The molecule has 7 nitrogen and oxygen atoms in total. The van der Waals surface area contributed by atoms with Crippen molar-refractivity contribution in [1.82, 2.24) is 20.5 Å². The number of halogens is 1. The maximum atomic E-state index is 13.3. The number of benzene rings is 2. The van der Waals surface area contributed by atoms with Crippen LogP contribution in [0, 0.1) is 11.8 Å². The number of aromatic amines is 1. The highest BCUT2D eigenvalue weighted by molar-refractivity contribution is 7.16. The predicted octanol–water partition coefficient (Wildman–Crippen LogP) is 5.20. The molecule has 3 aromatic rings. The van der Waals surface area contributed by atoms with Crippen molar-refractivity contribution >= 4 is 39.1 Å². The van der Waals surface area contributed by atoms with Crippen molar-refractivity contribution < 1.29 is 9.90 Å². The molecule has 0 radical (unpaired) electrons. The van der Waals surface area contributed by atoms with Crippen molar-refractivity contribution in [3.63, 3.8) is 0 Å². The van der Waals surface area contributed by atoms with E-state index in [-0.39, 0.29) is 22.6 Å². The lowest BCUT2D eigenvalue weighted by atomic mass is 9.91. The zero-order chi connectivity index (χ0) is 28.4. The molecule has 3 rings (SSSR count). The van der Waals surface area contributed by atoms with Crippen LogP contribution in [0.4, 0.5) is 0 Å². The zero-order valence-electron chi connectivity index (χ0n) is 23.6. The van der Waals surface area contributed by atoms with Gasteiger partial charge < -0.3 is 25.6 Å². The summed E-state index contributed by atoms with van der Waals surface area (Å²) in [4.78, 5) is 29.7. The van der Waals surface area contributed by atoms with Crippen molar-refractivity contribution in [2.24, 2.45) is 11.8 Å². The quantitative estimate of drug-likeness (QED) is 0.176. The first-order chi connectivity index (χ1) is 18.7. The van der Waals surface area contributed by atoms with Crippen LogP contribution in [0.25, 0.3) is 10.2 Å². The van der Waals surface area contributed by atoms with Gasteiger partial charge in [0.1, 0.15) is 11.3 Å². The number of nitrogens with one attached hydrogen (secondary N) is 3. The van der Waals surface area contributed by atoms with Crippen LogP contribution in [0.3, 0.4) is 0 Å². The number of aromatic hydroxyl groups is 1. The SMILES string of the molecule is CC(C)C(C(C)C)N(CCNCCc1ccc(O)c2[nH]c(=O)sc12)C(=O)CCCNCCc1ccc(Cl)cc1. The maximum Gasteiger partial charge on any atom is 0.305 e. The first-order valence-electron chi connectivity index (χ1n) is 14.0. The molecular weight excluding hydrogens is 532 g/mol. The van der Waals surface area contributed by atoms with Gasteiger partial charge in [-0.1, -0.05) is 68.8 Å². The average Bonchev–Trinajstić information content (AvgIpc) is 3.29. The van der Waals surface area contributed by atoms with Gasteiger partial charge in [0.05, 0.1) is 4.70 Å². The van der Waals surface area contributed by atoms with E-state index in [1.54, 1.807) is 6.07 Å². The van der Waals surface area contributed by atoms with Gasteiger partial charge in [0.25, 0.3) is 0 Å². The van der Waals surface area contributed by atoms with E-state index in [2.05, 4.69) is 48.2 Å².